The van der Waals surface area contributed by atoms with E-state index in [0.717, 1.165) is 21.6 Å². The average molecular weight is 493 g/mol. The summed E-state index contributed by atoms with van der Waals surface area (Å²) in [6, 6.07) is 11.2. The van der Waals surface area contributed by atoms with Crippen LogP contribution in [0.15, 0.2) is 52.6 Å². The molecule has 0 aliphatic carbocycles. The lowest BCUT2D eigenvalue weighted by Gasteiger charge is -2.11. The maximum atomic E-state index is 13.5. The number of benzene rings is 2. The molecule has 0 saturated heterocycles. The second-order valence-electron chi connectivity index (χ2n) is 7.64. The molecule has 0 atom stereocenters. The molecule has 0 unspecified atom stereocenters. The molecule has 178 valence electrons. The number of fused-ring (bicyclic) bond motifs is 1. The van der Waals surface area contributed by atoms with Gasteiger partial charge in [-0.05, 0) is 44.5 Å². The number of nitro groups is 1. The highest BCUT2D eigenvalue weighted by atomic mass is 32.1. The van der Waals surface area contributed by atoms with Crippen molar-refractivity contribution in [3.63, 3.8) is 0 Å². The first kappa shape index (κ1) is 23.8. The lowest BCUT2D eigenvalue weighted by Crippen LogP contribution is -2.25. The highest BCUT2D eigenvalue weighted by Gasteiger charge is 2.24. The summed E-state index contributed by atoms with van der Waals surface area (Å²) in [4.78, 5) is 49.9. The molecular weight excluding hydrogens is 472 g/mol. The van der Waals surface area contributed by atoms with Gasteiger partial charge in [0, 0.05) is 28.0 Å². The topological polar surface area (TPSA) is 133 Å². The maximum absolute atomic E-state index is 13.5. The van der Waals surface area contributed by atoms with Crippen molar-refractivity contribution >= 4 is 44.7 Å². The lowest BCUT2D eigenvalue weighted by atomic mass is 10.1. The molecular formula is C24H20N4O6S. The van der Waals surface area contributed by atoms with Crippen LogP contribution in [0.4, 0.5) is 10.7 Å². The van der Waals surface area contributed by atoms with Gasteiger partial charge in [0.1, 0.15) is 5.00 Å². The van der Waals surface area contributed by atoms with Crippen LogP contribution < -0.4 is 10.9 Å². The van der Waals surface area contributed by atoms with Crippen molar-refractivity contribution in [2.45, 2.75) is 20.8 Å². The summed E-state index contributed by atoms with van der Waals surface area (Å²) in [5, 5.41) is 20.3. The highest BCUT2D eigenvalue weighted by molar-refractivity contribution is 7.16. The predicted octanol–water partition coefficient (Wildman–Crippen LogP) is 4.40. The molecule has 0 radical (unpaired) electrons. The van der Waals surface area contributed by atoms with Crippen molar-refractivity contribution in [1.29, 1.82) is 0 Å². The number of esters is 1. The smallest absolute Gasteiger partial charge is 0.359 e. The first-order chi connectivity index (χ1) is 16.7. The van der Waals surface area contributed by atoms with Crippen molar-refractivity contribution in [3.05, 3.63) is 90.7 Å². The van der Waals surface area contributed by atoms with Gasteiger partial charge in [0.05, 0.1) is 22.6 Å². The number of hydrogen-bond donors (Lipinski definition) is 1. The second-order valence-corrected chi connectivity index (χ2v) is 8.52. The van der Waals surface area contributed by atoms with E-state index in [2.05, 4.69) is 10.4 Å². The molecule has 2 aromatic carbocycles. The van der Waals surface area contributed by atoms with Gasteiger partial charge in [0.25, 0.3) is 17.2 Å². The first-order valence-electron chi connectivity index (χ1n) is 10.6. The van der Waals surface area contributed by atoms with Crippen LogP contribution in [0.3, 0.4) is 0 Å². The number of ether oxygens (including phenoxy) is 1. The number of rotatable bonds is 6. The molecule has 0 aliphatic rings. The molecule has 4 aromatic rings. The Morgan fingerprint density at radius 2 is 1.94 bits per heavy atom. The molecule has 11 heteroatoms. The van der Waals surface area contributed by atoms with Crippen molar-refractivity contribution in [2.24, 2.45) is 0 Å². The zero-order valence-corrected chi connectivity index (χ0v) is 19.8. The Morgan fingerprint density at radius 3 is 2.63 bits per heavy atom. The van der Waals surface area contributed by atoms with E-state index in [9.17, 15) is 24.5 Å². The van der Waals surface area contributed by atoms with Gasteiger partial charge in [0.2, 0.25) is 0 Å². The van der Waals surface area contributed by atoms with E-state index in [1.54, 1.807) is 30.5 Å². The minimum absolute atomic E-state index is 0.0637. The summed E-state index contributed by atoms with van der Waals surface area (Å²) >= 11 is 1.05. The highest BCUT2D eigenvalue weighted by Crippen LogP contribution is 2.32. The maximum Gasteiger partial charge on any atom is 0.359 e. The third-order valence-electron chi connectivity index (χ3n) is 5.34. The molecule has 0 fully saturated rings. The number of aryl methyl sites for hydroxylation is 1. The summed E-state index contributed by atoms with van der Waals surface area (Å²) in [5.74, 6) is -1.32. The zero-order valence-electron chi connectivity index (χ0n) is 19.0. The molecule has 2 aromatic heterocycles. The third-order valence-corrected chi connectivity index (χ3v) is 6.24. The Labute approximate surface area is 202 Å². The Kier molecular flexibility index (Phi) is 6.43. The monoisotopic (exact) mass is 492 g/mol. The minimum Gasteiger partial charge on any atom is -0.461 e. The number of amides is 1. The number of aromatic nitrogens is 2. The van der Waals surface area contributed by atoms with Gasteiger partial charge in [-0.25, -0.2) is 4.79 Å². The van der Waals surface area contributed by atoms with Crippen molar-refractivity contribution in [1.82, 2.24) is 9.78 Å². The number of carbonyl (C=O) groups is 2. The van der Waals surface area contributed by atoms with Gasteiger partial charge in [-0.1, -0.05) is 18.2 Å². The molecule has 10 nitrogen and oxygen atoms in total. The number of thiophene rings is 1. The number of carbonyl (C=O) groups excluding carboxylic acids is 2. The number of anilines is 1. The van der Waals surface area contributed by atoms with Crippen molar-refractivity contribution in [3.8, 4) is 5.69 Å². The second kappa shape index (κ2) is 9.47. The molecule has 1 N–H and O–H groups in total. The third kappa shape index (κ3) is 4.41. The van der Waals surface area contributed by atoms with Crippen LogP contribution in [-0.2, 0) is 4.74 Å². The van der Waals surface area contributed by atoms with E-state index in [0.29, 0.717) is 5.69 Å². The van der Waals surface area contributed by atoms with Crippen LogP contribution in [-0.4, -0.2) is 33.2 Å². The normalized spacial score (nSPS) is 10.8. The lowest BCUT2D eigenvalue weighted by molar-refractivity contribution is -0.385. The van der Waals surface area contributed by atoms with Crippen LogP contribution >= 0.6 is 11.3 Å². The predicted molar refractivity (Wildman–Crippen MR) is 132 cm³/mol. The summed E-state index contributed by atoms with van der Waals surface area (Å²) in [5.41, 5.74) is 0.831. The number of nitro benzene ring substituents is 1. The molecule has 0 bridgehead atoms. The molecule has 0 saturated carbocycles. The molecule has 4 rings (SSSR count). The number of nitrogens with one attached hydrogen (secondary N) is 1. The van der Waals surface area contributed by atoms with Crippen LogP contribution in [0.25, 0.3) is 16.5 Å². The van der Waals surface area contributed by atoms with Gasteiger partial charge in [0.15, 0.2) is 5.69 Å². The summed E-state index contributed by atoms with van der Waals surface area (Å²) in [7, 11) is 0. The standard InChI is InChI=1S/C24H20N4O6S/c1-4-34-24(31)20-17-12-35-22(25-21(29)16-9-6-10-18(14(16)3)28(32)33)19(17)23(30)27(26-20)15-8-5-7-13(2)11-15/h5-12H,4H2,1-3H3,(H,25,29). The van der Waals surface area contributed by atoms with Gasteiger partial charge < -0.3 is 10.1 Å². The Balaban J connectivity index is 1.88. The fourth-order valence-electron chi connectivity index (χ4n) is 3.66. The Hall–Kier alpha value is -4.38. The van der Waals surface area contributed by atoms with Gasteiger partial charge in [-0.15, -0.1) is 11.3 Å². The van der Waals surface area contributed by atoms with E-state index in [1.807, 2.05) is 13.0 Å². The van der Waals surface area contributed by atoms with E-state index in [1.165, 1.54) is 25.1 Å². The van der Waals surface area contributed by atoms with Gasteiger partial charge in [-0.2, -0.15) is 9.78 Å². The first-order valence-corrected chi connectivity index (χ1v) is 11.4. The molecule has 2 heterocycles. The summed E-state index contributed by atoms with van der Waals surface area (Å²) in [6.45, 7) is 5.11. The largest absolute Gasteiger partial charge is 0.461 e. The van der Waals surface area contributed by atoms with E-state index >= 15 is 0 Å². The summed E-state index contributed by atoms with van der Waals surface area (Å²) in [6.07, 6.45) is 0. The zero-order chi connectivity index (χ0) is 25.3. The quantitative estimate of drug-likeness (QED) is 0.239. The van der Waals surface area contributed by atoms with E-state index in [-0.39, 0.29) is 44.9 Å². The molecule has 0 aliphatic heterocycles. The van der Waals surface area contributed by atoms with Gasteiger partial charge >= 0.3 is 5.97 Å². The van der Waals surface area contributed by atoms with E-state index in [4.69, 9.17) is 4.74 Å². The molecule has 1 amide bonds. The van der Waals surface area contributed by atoms with Crippen LogP contribution in [0.1, 0.15) is 38.9 Å². The van der Waals surface area contributed by atoms with E-state index < -0.39 is 22.4 Å². The van der Waals surface area contributed by atoms with Crippen LogP contribution in [0.2, 0.25) is 0 Å². The molecule has 0 spiro atoms. The Morgan fingerprint density at radius 1 is 1.20 bits per heavy atom. The average Bonchev–Trinajstić information content (AvgIpc) is 3.23. The van der Waals surface area contributed by atoms with Crippen LogP contribution in [0.5, 0.6) is 0 Å². The van der Waals surface area contributed by atoms with Gasteiger partial charge in [-0.3, -0.25) is 19.7 Å². The SMILES string of the molecule is CCOC(=O)c1nn(-c2cccc(C)c2)c(=O)c2c(NC(=O)c3cccc([N+](=O)[O-])c3C)scc12. The fourth-order valence-corrected chi connectivity index (χ4v) is 4.60. The molecule has 35 heavy (non-hydrogen) atoms. The fraction of sp³-hybridized carbons (Fsp3) is 0.167. The number of nitrogens with zero attached hydrogens (tertiary/aromatic N) is 3. The van der Waals surface area contributed by atoms with Crippen molar-refractivity contribution in [2.75, 3.05) is 11.9 Å². The number of hydrogen-bond acceptors (Lipinski definition) is 8. The van der Waals surface area contributed by atoms with Crippen LogP contribution in [0, 0.1) is 24.0 Å². The van der Waals surface area contributed by atoms with Crippen molar-refractivity contribution < 1.29 is 19.2 Å². The summed E-state index contributed by atoms with van der Waals surface area (Å²) < 4.78 is 6.24. The Bertz CT molecular complexity index is 1560. The minimum atomic E-state index is -0.705.